The molecule has 0 N–H and O–H groups in total. The quantitative estimate of drug-likeness (QED) is 0.476. The SMILES string of the molecule is CS(=O)(=O)c1cc([N+](=O)[O-])ccc1N=Nc1ccccc1Cl. The van der Waals surface area contributed by atoms with Crippen LogP contribution in [-0.2, 0) is 9.84 Å². The van der Waals surface area contributed by atoms with E-state index >= 15 is 0 Å². The van der Waals surface area contributed by atoms with Crippen molar-refractivity contribution in [1.82, 2.24) is 0 Å². The van der Waals surface area contributed by atoms with Gasteiger partial charge >= 0.3 is 0 Å². The molecule has 2 rings (SSSR count). The molecule has 0 aliphatic carbocycles. The molecule has 2 aromatic carbocycles. The summed E-state index contributed by atoms with van der Waals surface area (Å²) >= 11 is 5.93. The first-order valence-corrected chi connectivity index (χ1v) is 8.21. The van der Waals surface area contributed by atoms with Crippen LogP contribution in [0, 0.1) is 10.1 Å². The molecule has 2 aromatic rings. The molecule has 0 saturated carbocycles. The van der Waals surface area contributed by atoms with Crippen LogP contribution >= 0.6 is 11.6 Å². The fourth-order valence-electron chi connectivity index (χ4n) is 1.64. The van der Waals surface area contributed by atoms with Crippen molar-refractivity contribution in [3.8, 4) is 0 Å². The number of nitro benzene ring substituents is 1. The number of hydrogen-bond donors (Lipinski definition) is 0. The van der Waals surface area contributed by atoms with E-state index < -0.39 is 14.8 Å². The van der Waals surface area contributed by atoms with Crippen molar-refractivity contribution in [3.63, 3.8) is 0 Å². The van der Waals surface area contributed by atoms with Crippen molar-refractivity contribution in [2.24, 2.45) is 10.2 Å². The Morgan fingerprint density at radius 1 is 1.09 bits per heavy atom. The van der Waals surface area contributed by atoms with Crippen LogP contribution < -0.4 is 0 Å². The summed E-state index contributed by atoms with van der Waals surface area (Å²) < 4.78 is 23.5. The summed E-state index contributed by atoms with van der Waals surface area (Å²) in [5, 5.41) is 18.8. The highest BCUT2D eigenvalue weighted by Gasteiger charge is 2.18. The van der Waals surface area contributed by atoms with Crippen LogP contribution in [0.4, 0.5) is 17.1 Å². The normalized spacial score (nSPS) is 11.7. The lowest BCUT2D eigenvalue weighted by Gasteiger charge is -2.03. The summed E-state index contributed by atoms with van der Waals surface area (Å²) in [6, 6.07) is 9.99. The van der Waals surface area contributed by atoms with Gasteiger partial charge in [0.25, 0.3) is 5.69 Å². The fraction of sp³-hybridized carbons (Fsp3) is 0.0769. The number of azo groups is 1. The second kappa shape index (κ2) is 6.20. The van der Waals surface area contributed by atoms with Crippen molar-refractivity contribution in [2.45, 2.75) is 4.90 Å². The Morgan fingerprint density at radius 2 is 1.73 bits per heavy atom. The number of sulfone groups is 1. The van der Waals surface area contributed by atoms with Crippen LogP contribution in [0.15, 0.2) is 57.6 Å². The van der Waals surface area contributed by atoms with Gasteiger partial charge in [0.05, 0.1) is 9.95 Å². The van der Waals surface area contributed by atoms with E-state index in [4.69, 9.17) is 11.6 Å². The first-order valence-electron chi connectivity index (χ1n) is 5.94. The maximum atomic E-state index is 11.8. The van der Waals surface area contributed by atoms with Crippen LogP contribution in [0.1, 0.15) is 0 Å². The zero-order valence-corrected chi connectivity index (χ0v) is 12.9. The minimum atomic E-state index is -3.70. The Labute approximate surface area is 131 Å². The minimum absolute atomic E-state index is 0.00743. The molecular weight excluding hydrogens is 330 g/mol. The van der Waals surface area contributed by atoms with Gasteiger partial charge in [0.15, 0.2) is 9.84 Å². The molecule has 22 heavy (non-hydrogen) atoms. The Kier molecular flexibility index (Phi) is 4.53. The van der Waals surface area contributed by atoms with Gasteiger partial charge in [0.2, 0.25) is 0 Å². The Bertz CT molecular complexity index is 865. The van der Waals surface area contributed by atoms with E-state index in [0.29, 0.717) is 10.7 Å². The summed E-state index contributed by atoms with van der Waals surface area (Å²) in [6.45, 7) is 0. The van der Waals surface area contributed by atoms with Crippen LogP contribution in [-0.4, -0.2) is 19.6 Å². The predicted octanol–water partition coefficient (Wildman–Crippen LogP) is 4.07. The third-order valence-corrected chi connectivity index (χ3v) is 4.12. The lowest BCUT2D eigenvalue weighted by molar-refractivity contribution is -0.385. The molecule has 0 aromatic heterocycles. The Balaban J connectivity index is 2.52. The number of nitrogens with zero attached hydrogens (tertiary/aromatic N) is 3. The van der Waals surface area contributed by atoms with Crippen LogP contribution in [0.5, 0.6) is 0 Å². The molecule has 0 heterocycles. The number of nitro groups is 1. The standard InChI is InChI=1S/C13H10ClN3O4S/c1-22(20,21)13-8-9(17(18)19)6-7-12(13)16-15-11-5-3-2-4-10(11)14/h2-8H,1H3. The van der Waals surface area contributed by atoms with E-state index in [-0.39, 0.29) is 16.3 Å². The Morgan fingerprint density at radius 3 is 2.32 bits per heavy atom. The van der Waals surface area contributed by atoms with Gasteiger partial charge in [0, 0.05) is 18.4 Å². The number of hydrogen-bond acceptors (Lipinski definition) is 6. The molecule has 0 radical (unpaired) electrons. The van der Waals surface area contributed by atoms with Crippen molar-refractivity contribution in [2.75, 3.05) is 6.26 Å². The molecule has 0 aliphatic rings. The van der Waals surface area contributed by atoms with E-state index in [1.807, 2.05) is 0 Å². The fourth-order valence-corrected chi connectivity index (χ4v) is 2.63. The molecule has 7 nitrogen and oxygen atoms in total. The molecule has 0 amide bonds. The van der Waals surface area contributed by atoms with Gasteiger partial charge in [0.1, 0.15) is 16.3 Å². The van der Waals surface area contributed by atoms with E-state index in [2.05, 4.69) is 10.2 Å². The summed E-state index contributed by atoms with van der Waals surface area (Å²) in [6.07, 6.45) is 0.945. The van der Waals surface area contributed by atoms with Gasteiger partial charge < -0.3 is 0 Å². The van der Waals surface area contributed by atoms with Crippen molar-refractivity contribution >= 4 is 38.5 Å². The summed E-state index contributed by atoms with van der Waals surface area (Å²) in [4.78, 5) is 9.81. The van der Waals surface area contributed by atoms with Gasteiger partial charge in [-0.1, -0.05) is 23.7 Å². The molecular formula is C13H10ClN3O4S. The van der Waals surface area contributed by atoms with E-state index in [0.717, 1.165) is 18.4 Å². The first kappa shape index (κ1) is 16.1. The maximum absolute atomic E-state index is 11.8. The monoisotopic (exact) mass is 339 g/mol. The zero-order valence-electron chi connectivity index (χ0n) is 11.3. The molecule has 0 unspecified atom stereocenters. The lowest BCUT2D eigenvalue weighted by Crippen LogP contribution is -1.99. The van der Waals surface area contributed by atoms with Gasteiger partial charge in [-0.15, -0.1) is 10.2 Å². The van der Waals surface area contributed by atoms with E-state index in [9.17, 15) is 18.5 Å². The topological polar surface area (TPSA) is 102 Å². The number of rotatable bonds is 4. The van der Waals surface area contributed by atoms with Crippen LogP contribution in [0.3, 0.4) is 0 Å². The van der Waals surface area contributed by atoms with Gasteiger partial charge in [-0.05, 0) is 18.2 Å². The average Bonchev–Trinajstić information content (AvgIpc) is 2.45. The maximum Gasteiger partial charge on any atom is 0.270 e. The molecule has 0 saturated heterocycles. The second-order valence-electron chi connectivity index (χ2n) is 4.33. The van der Waals surface area contributed by atoms with Crippen molar-refractivity contribution < 1.29 is 13.3 Å². The number of halogens is 1. The van der Waals surface area contributed by atoms with Crippen LogP contribution in [0.2, 0.25) is 5.02 Å². The summed E-state index contributed by atoms with van der Waals surface area (Å²) in [5.74, 6) is 0. The molecule has 114 valence electrons. The highest BCUT2D eigenvalue weighted by molar-refractivity contribution is 7.90. The predicted molar refractivity (Wildman–Crippen MR) is 81.8 cm³/mol. The second-order valence-corrected chi connectivity index (χ2v) is 6.72. The molecule has 0 bridgehead atoms. The molecule has 0 spiro atoms. The van der Waals surface area contributed by atoms with Crippen LogP contribution in [0.25, 0.3) is 0 Å². The summed E-state index contributed by atoms with van der Waals surface area (Å²) in [5.41, 5.74) is 0.0344. The minimum Gasteiger partial charge on any atom is -0.258 e. The van der Waals surface area contributed by atoms with Crippen molar-refractivity contribution in [3.05, 3.63) is 57.6 Å². The highest BCUT2D eigenvalue weighted by atomic mass is 35.5. The first-order chi connectivity index (χ1) is 10.3. The Hall–Kier alpha value is -2.32. The third-order valence-electron chi connectivity index (χ3n) is 2.67. The highest BCUT2D eigenvalue weighted by Crippen LogP contribution is 2.31. The summed E-state index contributed by atoms with van der Waals surface area (Å²) in [7, 11) is -3.70. The number of non-ortho nitro benzene ring substituents is 1. The van der Waals surface area contributed by atoms with Gasteiger partial charge in [-0.25, -0.2) is 8.42 Å². The molecule has 9 heteroatoms. The number of benzene rings is 2. The largest absolute Gasteiger partial charge is 0.270 e. The molecule has 0 aliphatic heterocycles. The average molecular weight is 340 g/mol. The third kappa shape index (κ3) is 3.66. The smallest absolute Gasteiger partial charge is 0.258 e. The van der Waals surface area contributed by atoms with E-state index in [1.54, 1.807) is 24.3 Å². The van der Waals surface area contributed by atoms with Gasteiger partial charge in [-0.3, -0.25) is 10.1 Å². The zero-order chi connectivity index (χ0) is 16.3. The lowest BCUT2D eigenvalue weighted by atomic mass is 10.3. The van der Waals surface area contributed by atoms with Gasteiger partial charge in [-0.2, -0.15) is 0 Å². The molecule has 0 fully saturated rings. The molecule has 0 atom stereocenters. The van der Waals surface area contributed by atoms with Crippen molar-refractivity contribution in [1.29, 1.82) is 0 Å². The van der Waals surface area contributed by atoms with E-state index in [1.165, 1.54) is 6.07 Å².